The zero-order valence-electron chi connectivity index (χ0n) is 10.3. The van der Waals surface area contributed by atoms with E-state index in [9.17, 15) is 4.79 Å². The van der Waals surface area contributed by atoms with Gasteiger partial charge in [-0.05, 0) is 35.9 Å². The molecule has 0 spiro atoms. The summed E-state index contributed by atoms with van der Waals surface area (Å²) >= 11 is 5.96. The Morgan fingerprint density at radius 2 is 2.05 bits per heavy atom. The molecule has 1 heterocycles. The van der Waals surface area contributed by atoms with Gasteiger partial charge in [0.25, 0.3) is 0 Å². The fourth-order valence-corrected chi connectivity index (χ4v) is 1.76. The van der Waals surface area contributed by atoms with Gasteiger partial charge in [0.05, 0.1) is 12.1 Å². The zero-order chi connectivity index (χ0) is 13.7. The van der Waals surface area contributed by atoms with Crippen molar-refractivity contribution < 1.29 is 9.53 Å². The van der Waals surface area contributed by atoms with Gasteiger partial charge in [-0.2, -0.15) is 0 Å². The van der Waals surface area contributed by atoms with Crippen LogP contribution in [-0.4, -0.2) is 17.9 Å². The number of benzene rings is 1. The predicted molar refractivity (Wildman–Crippen MR) is 75.6 cm³/mol. The van der Waals surface area contributed by atoms with Crippen LogP contribution in [0.5, 0.6) is 5.88 Å². The summed E-state index contributed by atoms with van der Waals surface area (Å²) < 4.78 is 4.96. The normalized spacial score (nSPS) is 10.6. The molecule has 0 bridgehead atoms. The molecule has 0 fully saturated rings. The minimum Gasteiger partial charge on any atom is -0.481 e. The number of carbonyl (C=O) groups is 1. The highest BCUT2D eigenvalue weighted by Crippen LogP contribution is 2.16. The molecule has 0 atom stereocenters. The van der Waals surface area contributed by atoms with Gasteiger partial charge in [-0.15, -0.1) is 0 Å². The maximum absolute atomic E-state index is 11.9. The van der Waals surface area contributed by atoms with Gasteiger partial charge in [0.15, 0.2) is 5.78 Å². The Bertz CT molecular complexity index is 606. The number of rotatable bonds is 4. The van der Waals surface area contributed by atoms with Crippen LogP contribution in [0.4, 0.5) is 0 Å². The van der Waals surface area contributed by atoms with Crippen molar-refractivity contribution in [1.82, 2.24) is 4.98 Å². The average molecular weight is 274 g/mol. The molecule has 0 amide bonds. The number of aromatic nitrogens is 1. The minimum atomic E-state index is -0.138. The van der Waals surface area contributed by atoms with E-state index in [4.69, 9.17) is 16.3 Å². The highest BCUT2D eigenvalue weighted by Gasteiger charge is 2.05. The van der Waals surface area contributed by atoms with E-state index in [-0.39, 0.29) is 5.78 Å². The second-order valence-corrected chi connectivity index (χ2v) is 4.22. The van der Waals surface area contributed by atoms with Gasteiger partial charge in [-0.25, -0.2) is 4.98 Å². The Labute approximate surface area is 116 Å². The van der Waals surface area contributed by atoms with Crippen molar-refractivity contribution in [3.8, 4) is 5.88 Å². The first-order chi connectivity index (χ1) is 9.20. The number of methoxy groups -OCH3 is 1. The van der Waals surface area contributed by atoms with E-state index in [1.54, 1.807) is 49.7 Å². The Hall–Kier alpha value is -2.13. The first kappa shape index (κ1) is 13.3. The Kier molecular flexibility index (Phi) is 4.31. The van der Waals surface area contributed by atoms with Gasteiger partial charge < -0.3 is 4.74 Å². The molecule has 4 heteroatoms. The van der Waals surface area contributed by atoms with Crippen LogP contribution in [0.15, 0.2) is 48.7 Å². The summed E-state index contributed by atoms with van der Waals surface area (Å²) in [6, 6.07) is 10.5. The quantitative estimate of drug-likeness (QED) is 0.631. The second-order valence-electron chi connectivity index (χ2n) is 3.81. The summed E-state index contributed by atoms with van der Waals surface area (Å²) in [5.74, 6) is 0.399. The first-order valence-corrected chi connectivity index (χ1v) is 6.05. The van der Waals surface area contributed by atoms with Gasteiger partial charge in [0.2, 0.25) is 5.88 Å². The second kappa shape index (κ2) is 6.16. The highest BCUT2D eigenvalue weighted by atomic mass is 35.5. The lowest BCUT2D eigenvalue weighted by atomic mass is 10.1. The molecule has 1 aromatic carbocycles. The van der Waals surface area contributed by atoms with Crippen LogP contribution in [0, 0.1) is 0 Å². The monoisotopic (exact) mass is 273 g/mol. The molecule has 2 rings (SSSR count). The Morgan fingerprint density at radius 3 is 2.68 bits per heavy atom. The van der Waals surface area contributed by atoms with E-state index in [1.807, 2.05) is 6.07 Å². The molecular formula is C15H12ClNO2. The van der Waals surface area contributed by atoms with Gasteiger partial charge in [-0.3, -0.25) is 4.79 Å². The van der Waals surface area contributed by atoms with Crippen LogP contribution < -0.4 is 4.74 Å². The molecule has 0 aliphatic heterocycles. The Morgan fingerprint density at radius 1 is 1.26 bits per heavy atom. The van der Waals surface area contributed by atoms with E-state index in [0.29, 0.717) is 16.5 Å². The molecule has 0 radical (unpaired) electrons. The smallest absolute Gasteiger partial charge is 0.212 e. The van der Waals surface area contributed by atoms with Crippen molar-refractivity contribution in [2.24, 2.45) is 0 Å². The van der Waals surface area contributed by atoms with Crippen molar-refractivity contribution in [3.63, 3.8) is 0 Å². The van der Waals surface area contributed by atoms with Crippen LogP contribution in [0.2, 0.25) is 5.02 Å². The highest BCUT2D eigenvalue weighted by molar-refractivity contribution is 6.34. The number of halogens is 1. The van der Waals surface area contributed by atoms with Gasteiger partial charge in [0, 0.05) is 17.8 Å². The number of ketones is 1. The van der Waals surface area contributed by atoms with Crippen molar-refractivity contribution in [1.29, 1.82) is 0 Å². The Balaban J connectivity index is 2.14. The maximum Gasteiger partial charge on any atom is 0.212 e. The molecule has 0 N–H and O–H groups in total. The van der Waals surface area contributed by atoms with Gasteiger partial charge in [-0.1, -0.05) is 23.7 Å². The topological polar surface area (TPSA) is 39.2 Å². The number of nitrogens with zero attached hydrogens (tertiary/aromatic N) is 1. The van der Waals surface area contributed by atoms with Crippen LogP contribution >= 0.6 is 11.6 Å². The number of hydrogen-bond acceptors (Lipinski definition) is 3. The number of ether oxygens (including phenoxy) is 1. The molecule has 1 aromatic heterocycles. The summed E-state index contributed by atoms with van der Waals surface area (Å²) in [7, 11) is 1.55. The largest absolute Gasteiger partial charge is 0.481 e. The SMILES string of the molecule is COc1ccc(/C=C/C(=O)c2ccccc2Cl)cn1. The van der Waals surface area contributed by atoms with E-state index < -0.39 is 0 Å². The number of allylic oxidation sites excluding steroid dienone is 1. The summed E-state index contributed by atoms with van der Waals surface area (Å²) in [6.45, 7) is 0. The van der Waals surface area contributed by atoms with Crippen molar-refractivity contribution in [2.75, 3.05) is 7.11 Å². The predicted octanol–water partition coefficient (Wildman–Crippen LogP) is 3.64. The van der Waals surface area contributed by atoms with Crippen LogP contribution in [0.1, 0.15) is 15.9 Å². The van der Waals surface area contributed by atoms with Crippen molar-refractivity contribution in [3.05, 3.63) is 64.8 Å². The van der Waals surface area contributed by atoms with E-state index in [0.717, 1.165) is 5.56 Å². The van der Waals surface area contributed by atoms with Crippen molar-refractivity contribution >= 4 is 23.5 Å². The standard InChI is InChI=1S/C15H12ClNO2/c1-19-15-9-7-11(10-17-15)6-8-14(18)12-4-2-3-5-13(12)16/h2-10H,1H3/b8-6+. The lowest BCUT2D eigenvalue weighted by molar-refractivity contribution is 0.104. The third kappa shape index (κ3) is 3.42. The summed E-state index contributed by atoms with van der Waals surface area (Å²) in [5.41, 5.74) is 1.31. The number of hydrogen-bond donors (Lipinski definition) is 0. The van der Waals surface area contributed by atoms with Crippen molar-refractivity contribution in [2.45, 2.75) is 0 Å². The molecule has 0 saturated heterocycles. The summed E-state index contributed by atoms with van der Waals surface area (Å²) in [4.78, 5) is 16.0. The van der Waals surface area contributed by atoms with E-state index in [1.165, 1.54) is 6.08 Å². The molecule has 0 unspecified atom stereocenters. The molecule has 3 nitrogen and oxygen atoms in total. The molecule has 19 heavy (non-hydrogen) atoms. The summed E-state index contributed by atoms with van der Waals surface area (Å²) in [5, 5.41) is 0.449. The van der Waals surface area contributed by atoms with E-state index in [2.05, 4.69) is 4.98 Å². The van der Waals surface area contributed by atoms with Gasteiger partial charge in [0.1, 0.15) is 0 Å². The zero-order valence-corrected chi connectivity index (χ0v) is 11.1. The molecule has 0 aliphatic rings. The molecular weight excluding hydrogens is 262 g/mol. The molecule has 0 saturated carbocycles. The number of carbonyl (C=O) groups excluding carboxylic acids is 1. The van der Waals surface area contributed by atoms with Crippen LogP contribution in [0.25, 0.3) is 6.08 Å². The fraction of sp³-hybridized carbons (Fsp3) is 0.0667. The molecule has 0 aliphatic carbocycles. The van der Waals surface area contributed by atoms with Crippen LogP contribution in [-0.2, 0) is 0 Å². The first-order valence-electron chi connectivity index (χ1n) is 5.67. The third-order valence-electron chi connectivity index (χ3n) is 2.53. The molecule has 2 aromatic rings. The average Bonchev–Trinajstić information content (AvgIpc) is 2.46. The third-order valence-corrected chi connectivity index (χ3v) is 2.86. The molecule has 96 valence electrons. The van der Waals surface area contributed by atoms with E-state index >= 15 is 0 Å². The lowest BCUT2D eigenvalue weighted by Crippen LogP contribution is -1.94. The fourth-order valence-electron chi connectivity index (χ4n) is 1.53. The van der Waals surface area contributed by atoms with Crippen LogP contribution in [0.3, 0.4) is 0 Å². The number of pyridine rings is 1. The summed E-state index contributed by atoms with van der Waals surface area (Å²) in [6.07, 6.45) is 4.80. The lowest BCUT2D eigenvalue weighted by Gasteiger charge is -1.99. The minimum absolute atomic E-state index is 0.138. The van der Waals surface area contributed by atoms with Gasteiger partial charge >= 0.3 is 0 Å². The maximum atomic E-state index is 11.9.